The van der Waals surface area contributed by atoms with E-state index in [-0.39, 0.29) is 5.54 Å². The molecular weight excluding hydrogens is 172 g/mol. The van der Waals surface area contributed by atoms with Crippen LogP contribution in [0.5, 0.6) is 0 Å². The highest BCUT2D eigenvalue weighted by atomic mass is 15.2. The molecule has 1 atom stereocenters. The monoisotopic (exact) mass is 196 g/mol. The van der Waals surface area contributed by atoms with Gasteiger partial charge in [0.15, 0.2) is 0 Å². The van der Waals surface area contributed by atoms with Crippen molar-refractivity contribution in [2.75, 3.05) is 19.6 Å². The van der Waals surface area contributed by atoms with Gasteiger partial charge in [-0.2, -0.15) is 0 Å². The lowest BCUT2D eigenvalue weighted by molar-refractivity contribution is 0.0946. The normalized spacial score (nSPS) is 27.5. The Labute approximate surface area is 88.4 Å². The van der Waals surface area contributed by atoms with Crippen LogP contribution in [0.25, 0.3) is 0 Å². The third-order valence-corrected chi connectivity index (χ3v) is 3.02. The summed E-state index contributed by atoms with van der Waals surface area (Å²) < 4.78 is 0. The molecule has 0 amide bonds. The summed E-state index contributed by atoms with van der Waals surface area (Å²) in [5.41, 5.74) is 0.271. The lowest BCUT2D eigenvalue weighted by Gasteiger charge is -2.44. The highest BCUT2D eigenvalue weighted by molar-refractivity contribution is 4.92. The summed E-state index contributed by atoms with van der Waals surface area (Å²) >= 11 is 0. The van der Waals surface area contributed by atoms with Gasteiger partial charge in [0.25, 0.3) is 0 Å². The summed E-state index contributed by atoms with van der Waals surface area (Å²) in [5.74, 6) is 0. The molecule has 1 fully saturated rings. The molecule has 0 saturated carbocycles. The number of piperazine rings is 1. The summed E-state index contributed by atoms with van der Waals surface area (Å²) in [6.07, 6.45) is 4.36. The maximum absolute atomic E-state index is 3.79. The summed E-state index contributed by atoms with van der Waals surface area (Å²) in [5, 5.41) is 3.60. The summed E-state index contributed by atoms with van der Waals surface area (Å²) in [4.78, 5) is 2.60. The fraction of sp³-hybridized carbons (Fsp3) is 0.833. The van der Waals surface area contributed by atoms with Crippen LogP contribution in [-0.4, -0.2) is 36.1 Å². The lowest BCUT2D eigenvalue weighted by Crippen LogP contribution is -2.61. The van der Waals surface area contributed by atoms with Gasteiger partial charge in [0.2, 0.25) is 0 Å². The molecule has 1 unspecified atom stereocenters. The largest absolute Gasteiger partial charge is 0.309 e. The second-order valence-electron chi connectivity index (χ2n) is 4.87. The van der Waals surface area contributed by atoms with Crippen LogP contribution in [0.4, 0.5) is 0 Å². The van der Waals surface area contributed by atoms with Crippen molar-refractivity contribution in [1.82, 2.24) is 10.2 Å². The van der Waals surface area contributed by atoms with Crippen LogP contribution in [0, 0.1) is 0 Å². The smallest absolute Gasteiger partial charge is 0.0252 e. The predicted molar refractivity (Wildman–Crippen MR) is 62.5 cm³/mol. The van der Waals surface area contributed by atoms with Gasteiger partial charge in [-0.3, -0.25) is 4.90 Å². The van der Waals surface area contributed by atoms with E-state index in [0.717, 1.165) is 26.1 Å². The Hall–Kier alpha value is -0.340. The molecule has 82 valence electrons. The quantitative estimate of drug-likeness (QED) is 0.692. The molecule has 2 nitrogen and oxygen atoms in total. The van der Waals surface area contributed by atoms with Gasteiger partial charge in [0, 0.05) is 31.2 Å². The van der Waals surface area contributed by atoms with Gasteiger partial charge in [-0.15, -0.1) is 6.58 Å². The first kappa shape index (κ1) is 11.7. The third kappa shape index (κ3) is 3.10. The Kier molecular flexibility index (Phi) is 4.14. The summed E-state index contributed by atoms with van der Waals surface area (Å²) in [6, 6.07) is 0.711. The second kappa shape index (κ2) is 4.94. The van der Waals surface area contributed by atoms with E-state index in [1.807, 2.05) is 6.08 Å². The van der Waals surface area contributed by atoms with Crippen molar-refractivity contribution in [1.29, 1.82) is 0 Å². The molecule has 1 heterocycles. The number of hydrogen-bond donors (Lipinski definition) is 1. The van der Waals surface area contributed by atoms with Crippen molar-refractivity contribution in [2.24, 2.45) is 0 Å². The van der Waals surface area contributed by atoms with E-state index < -0.39 is 0 Å². The van der Waals surface area contributed by atoms with Crippen molar-refractivity contribution in [3.05, 3.63) is 12.7 Å². The molecule has 1 aliphatic heterocycles. The molecule has 14 heavy (non-hydrogen) atoms. The van der Waals surface area contributed by atoms with Crippen LogP contribution >= 0.6 is 0 Å². The van der Waals surface area contributed by atoms with Gasteiger partial charge >= 0.3 is 0 Å². The standard InChI is InChI=1S/C12H24N2/c1-5-7-8-14-10-12(3,4)13-9-11(14)6-2/h5,11,13H,1,6-10H2,2-4H3. The first-order valence-corrected chi connectivity index (χ1v) is 5.69. The molecule has 0 aromatic rings. The average Bonchev–Trinajstić information content (AvgIpc) is 2.14. The van der Waals surface area contributed by atoms with E-state index in [9.17, 15) is 0 Å². The molecule has 1 N–H and O–H groups in total. The molecule has 0 radical (unpaired) electrons. The lowest BCUT2D eigenvalue weighted by atomic mass is 9.97. The Morgan fingerprint density at radius 3 is 2.86 bits per heavy atom. The minimum absolute atomic E-state index is 0.271. The Bertz CT molecular complexity index is 187. The van der Waals surface area contributed by atoms with Crippen LogP contribution < -0.4 is 5.32 Å². The van der Waals surface area contributed by atoms with E-state index in [2.05, 4.69) is 37.6 Å². The highest BCUT2D eigenvalue weighted by Gasteiger charge is 2.30. The Morgan fingerprint density at radius 2 is 2.29 bits per heavy atom. The van der Waals surface area contributed by atoms with Gasteiger partial charge in [-0.05, 0) is 26.7 Å². The summed E-state index contributed by atoms with van der Waals surface area (Å²) in [6.45, 7) is 14.1. The van der Waals surface area contributed by atoms with E-state index in [4.69, 9.17) is 0 Å². The van der Waals surface area contributed by atoms with E-state index >= 15 is 0 Å². The van der Waals surface area contributed by atoms with Crippen molar-refractivity contribution in [3.63, 3.8) is 0 Å². The third-order valence-electron chi connectivity index (χ3n) is 3.02. The molecule has 1 aliphatic rings. The number of rotatable bonds is 4. The number of hydrogen-bond acceptors (Lipinski definition) is 2. The minimum atomic E-state index is 0.271. The van der Waals surface area contributed by atoms with Gasteiger partial charge in [0.1, 0.15) is 0 Å². The predicted octanol–water partition coefficient (Wildman–Crippen LogP) is 2.02. The zero-order valence-corrected chi connectivity index (χ0v) is 9.84. The Balaban J connectivity index is 2.51. The van der Waals surface area contributed by atoms with Crippen LogP contribution in [0.1, 0.15) is 33.6 Å². The molecule has 1 saturated heterocycles. The molecule has 1 rings (SSSR count). The highest BCUT2D eigenvalue weighted by Crippen LogP contribution is 2.17. The average molecular weight is 196 g/mol. The van der Waals surface area contributed by atoms with Gasteiger partial charge in [0.05, 0.1) is 0 Å². The fourth-order valence-corrected chi connectivity index (χ4v) is 2.14. The van der Waals surface area contributed by atoms with Gasteiger partial charge < -0.3 is 5.32 Å². The van der Waals surface area contributed by atoms with Crippen LogP contribution in [0.3, 0.4) is 0 Å². The SMILES string of the molecule is C=CCCN1CC(C)(C)NCC1CC. The van der Waals surface area contributed by atoms with Gasteiger partial charge in [-0.25, -0.2) is 0 Å². The molecule has 0 aliphatic carbocycles. The van der Waals surface area contributed by atoms with Crippen molar-refractivity contribution >= 4 is 0 Å². The maximum atomic E-state index is 3.79. The molecule has 0 aromatic heterocycles. The molecule has 2 heteroatoms. The maximum Gasteiger partial charge on any atom is 0.0252 e. The van der Waals surface area contributed by atoms with E-state index in [1.165, 1.54) is 6.42 Å². The van der Waals surface area contributed by atoms with Crippen LogP contribution in [0.15, 0.2) is 12.7 Å². The molecule has 0 aromatic carbocycles. The van der Waals surface area contributed by atoms with E-state index in [1.54, 1.807) is 0 Å². The van der Waals surface area contributed by atoms with Crippen LogP contribution in [0.2, 0.25) is 0 Å². The summed E-state index contributed by atoms with van der Waals surface area (Å²) in [7, 11) is 0. The zero-order chi connectivity index (χ0) is 10.6. The molecule has 0 spiro atoms. The fourth-order valence-electron chi connectivity index (χ4n) is 2.14. The van der Waals surface area contributed by atoms with Crippen molar-refractivity contribution in [3.8, 4) is 0 Å². The molecular formula is C12H24N2. The Morgan fingerprint density at radius 1 is 1.57 bits per heavy atom. The number of nitrogens with zero attached hydrogens (tertiary/aromatic N) is 1. The first-order chi connectivity index (χ1) is 6.59. The second-order valence-corrected chi connectivity index (χ2v) is 4.87. The zero-order valence-electron chi connectivity index (χ0n) is 9.84. The van der Waals surface area contributed by atoms with Gasteiger partial charge in [-0.1, -0.05) is 13.0 Å². The van der Waals surface area contributed by atoms with Crippen LogP contribution in [-0.2, 0) is 0 Å². The molecule has 0 bridgehead atoms. The van der Waals surface area contributed by atoms with Crippen molar-refractivity contribution < 1.29 is 0 Å². The first-order valence-electron chi connectivity index (χ1n) is 5.69. The number of nitrogens with one attached hydrogen (secondary N) is 1. The van der Waals surface area contributed by atoms with E-state index in [0.29, 0.717) is 6.04 Å². The topological polar surface area (TPSA) is 15.3 Å². The van der Waals surface area contributed by atoms with Crippen molar-refractivity contribution in [2.45, 2.75) is 45.2 Å². The minimum Gasteiger partial charge on any atom is -0.309 e.